The van der Waals surface area contributed by atoms with Gasteiger partial charge in [0.1, 0.15) is 0 Å². The van der Waals surface area contributed by atoms with E-state index in [2.05, 4.69) is 6.92 Å². The molecule has 0 saturated carbocycles. The summed E-state index contributed by atoms with van der Waals surface area (Å²) in [6, 6.07) is 5.86. The van der Waals surface area contributed by atoms with Gasteiger partial charge in [-0.3, -0.25) is 0 Å². The van der Waals surface area contributed by atoms with E-state index in [0.717, 1.165) is 30.1 Å². The van der Waals surface area contributed by atoms with Crippen molar-refractivity contribution >= 4 is 0 Å². The maximum Gasteiger partial charge on any atom is 0.161 e. The molecule has 16 heavy (non-hydrogen) atoms. The highest BCUT2D eigenvalue weighted by Gasteiger charge is 2.09. The Kier molecular flexibility index (Phi) is 5.12. The maximum absolute atomic E-state index is 5.65. The lowest BCUT2D eigenvalue weighted by Gasteiger charge is -2.15. The van der Waals surface area contributed by atoms with Crippen LogP contribution >= 0.6 is 0 Å². The molecule has 0 aromatic heterocycles. The summed E-state index contributed by atoms with van der Waals surface area (Å²) in [5.74, 6) is 1.49. The second-order valence-corrected chi connectivity index (χ2v) is 3.63. The predicted molar refractivity (Wildman–Crippen MR) is 64.2 cm³/mol. The number of rotatable bonds is 6. The van der Waals surface area contributed by atoms with Crippen molar-refractivity contribution < 1.29 is 14.2 Å². The van der Waals surface area contributed by atoms with Crippen LogP contribution < -0.4 is 9.47 Å². The van der Waals surface area contributed by atoms with E-state index in [-0.39, 0.29) is 6.10 Å². The van der Waals surface area contributed by atoms with Crippen LogP contribution in [0.25, 0.3) is 0 Å². The van der Waals surface area contributed by atoms with Crippen molar-refractivity contribution in [3.05, 3.63) is 23.8 Å². The van der Waals surface area contributed by atoms with E-state index in [4.69, 9.17) is 14.2 Å². The highest BCUT2D eigenvalue weighted by atomic mass is 16.5. The molecule has 0 fully saturated rings. The van der Waals surface area contributed by atoms with E-state index < -0.39 is 0 Å². The standard InChI is InChI=1S/C13H20O3/c1-5-8-16-10(2)11-6-7-12(14-3)13(9-11)15-4/h6-7,9-10H,5,8H2,1-4H3. The third-order valence-electron chi connectivity index (χ3n) is 2.45. The van der Waals surface area contributed by atoms with Gasteiger partial charge in [0.2, 0.25) is 0 Å². The van der Waals surface area contributed by atoms with Crippen LogP contribution in [0.2, 0.25) is 0 Å². The van der Waals surface area contributed by atoms with E-state index >= 15 is 0 Å². The van der Waals surface area contributed by atoms with Gasteiger partial charge in [0, 0.05) is 6.61 Å². The minimum atomic E-state index is 0.0831. The molecule has 1 aromatic carbocycles. The van der Waals surface area contributed by atoms with Crippen molar-refractivity contribution in [2.45, 2.75) is 26.4 Å². The largest absolute Gasteiger partial charge is 0.493 e. The summed E-state index contributed by atoms with van der Waals surface area (Å²) in [6.07, 6.45) is 1.11. The molecule has 3 heteroatoms. The lowest BCUT2D eigenvalue weighted by atomic mass is 10.1. The van der Waals surface area contributed by atoms with E-state index in [1.54, 1.807) is 14.2 Å². The van der Waals surface area contributed by atoms with E-state index in [9.17, 15) is 0 Å². The zero-order valence-electron chi connectivity index (χ0n) is 10.4. The summed E-state index contributed by atoms with van der Waals surface area (Å²) >= 11 is 0. The molecule has 1 rings (SSSR count). The fourth-order valence-corrected chi connectivity index (χ4v) is 1.50. The van der Waals surface area contributed by atoms with Crippen molar-refractivity contribution in [2.24, 2.45) is 0 Å². The van der Waals surface area contributed by atoms with Gasteiger partial charge in [-0.15, -0.1) is 0 Å². The van der Waals surface area contributed by atoms with Gasteiger partial charge >= 0.3 is 0 Å². The maximum atomic E-state index is 5.65. The van der Waals surface area contributed by atoms with Crippen molar-refractivity contribution in [1.82, 2.24) is 0 Å². The number of hydrogen-bond donors (Lipinski definition) is 0. The van der Waals surface area contributed by atoms with Crippen LogP contribution in [0.4, 0.5) is 0 Å². The predicted octanol–water partition coefficient (Wildman–Crippen LogP) is 3.19. The fourth-order valence-electron chi connectivity index (χ4n) is 1.50. The van der Waals surface area contributed by atoms with Gasteiger partial charge in [0.15, 0.2) is 11.5 Å². The Morgan fingerprint density at radius 3 is 2.38 bits per heavy atom. The minimum absolute atomic E-state index is 0.0831. The normalized spacial score (nSPS) is 12.2. The quantitative estimate of drug-likeness (QED) is 0.742. The van der Waals surface area contributed by atoms with Gasteiger partial charge in [0.05, 0.1) is 20.3 Å². The van der Waals surface area contributed by atoms with Crippen LogP contribution in [-0.4, -0.2) is 20.8 Å². The molecule has 0 heterocycles. The van der Waals surface area contributed by atoms with Crippen LogP contribution in [0.1, 0.15) is 31.9 Å². The van der Waals surface area contributed by atoms with E-state index in [1.807, 2.05) is 25.1 Å². The summed E-state index contributed by atoms with van der Waals surface area (Å²) in [5, 5.41) is 0. The van der Waals surface area contributed by atoms with Crippen LogP contribution in [0, 0.1) is 0 Å². The minimum Gasteiger partial charge on any atom is -0.493 e. The topological polar surface area (TPSA) is 27.7 Å². The summed E-state index contributed by atoms with van der Waals surface area (Å²) < 4.78 is 16.1. The highest BCUT2D eigenvalue weighted by molar-refractivity contribution is 5.43. The zero-order chi connectivity index (χ0) is 12.0. The van der Waals surface area contributed by atoms with Crippen molar-refractivity contribution in [1.29, 1.82) is 0 Å². The Morgan fingerprint density at radius 2 is 1.81 bits per heavy atom. The van der Waals surface area contributed by atoms with Crippen molar-refractivity contribution in [2.75, 3.05) is 20.8 Å². The Labute approximate surface area is 97.3 Å². The van der Waals surface area contributed by atoms with Gasteiger partial charge in [-0.25, -0.2) is 0 Å². The van der Waals surface area contributed by atoms with Gasteiger partial charge in [-0.05, 0) is 31.0 Å². The molecule has 0 aliphatic rings. The molecule has 0 aliphatic carbocycles. The van der Waals surface area contributed by atoms with Gasteiger partial charge in [0.25, 0.3) is 0 Å². The van der Waals surface area contributed by atoms with E-state index in [0.29, 0.717) is 0 Å². The fraction of sp³-hybridized carbons (Fsp3) is 0.538. The van der Waals surface area contributed by atoms with Crippen LogP contribution in [0.15, 0.2) is 18.2 Å². The van der Waals surface area contributed by atoms with Crippen LogP contribution in [0.5, 0.6) is 11.5 Å². The first-order valence-corrected chi connectivity index (χ1v) is 5.56. The Balaban J connectivity index is 2.81. The molecule has 90 valence electrons. The molecule has 0 radical (unpaired) electrons. The second kappa shape index (κ2) is 6.38. The molecule has 0 N–H and O–H groups in total. The molecular weight excluding hydrogens is 204 g/mol. The molecule has 1 atom stereocenters. The summed E-state index contributed by atoms with van der Waals surface area (Å²) in [5.41, 5.74) is 1.10. The molecular formula is C13H20O3. The highest BCUT2D eigenvalue weighted by Crippen LogP contribution is 2.30. The molecule has 1 unspecified atom stereocenters. The average Bonchev–Trinajstić information content (AvgIpc) is 2.34. The molecule has 0 spiro atoms. The number of benzene rings is 1. The summed E-state index contributed by atoms with van der Waals surface area (Å²) in [7, 11) is 3.27. The van der Waals surface area contributed by atoms with Gasteiger partial charge < -0.3 is 14.2 Å². The lowest BCUT2D eigenvalue weighted by molar-refractivity contribution is 0.0661. The number of ether oxygens (including phenoxy) is 3. The van der Waals surface area contributed by atoms with Crippen molar-refractivity contribution in [3.8, 4) is 11.5 Å². The first-order chi connectivity index (χ1) is 7.72. The molecule has 0 bridgehead atoms. The molecule has 0 aliphatic heterocycles. The van der Waals surface area contributed by atoms with E-state index in [1.165, 1.54) is 0 Å². The number of hydrogen-bond acceptors (Lipinski definition) is 3. The molecule has 0 amide bonds. The van der Waals surface area contributed by atoms with Crippen molar-refractivity contribution in [3.63, 3.8) is 0 Å². The second-order valence-electron chi connectivity index (χ2n) is 3.63. The Bertz CT molecular complexity index is 323. The molecule has 3 nitrogen and oxygen atoms in total. The van der Waals surface area contributed by atoms with Crippen LogP contribution in [-0.2, 0) is 4.74 Å². The zero-order valence-corrected chi connectivity index (χ0v) is 10.4. The summed E-state index contributed by atoms with van der Waals surface area (Å²) in [4.78, 5) is 0. The monoisotopic (exact) mass is 224 g/mol. The average molecular weight is 224 g/mol. The Morgan fingerprint density at radius 1 is 1.12 bits per heavy atom. The third-order valence-corrected chi connectivity index (χ3v) is 2.45. The smallest absolute Gasteiger partial charge is 0.161 e. The summed E-state index contributed by atoms with van der Waals surface area (Å²) in [6.45, 7) is 4.91. The van der Waals surface area contributed by atoms with Gasteiger partial charge in [-0.1, -0.05) is 13.0 Å². The van der Waals surface area contributed by atoms with Crippen LogP contribution in [0.3, 0.4) is 0 Å². The SMILES string of the molecule is CCCOC(C)c1ccc(OC)c(OC)c1. The number of methoxy groups -OCH3 is 2. The van der Waals surface area contributed by atoms with Gasteiger partial charge in [-0.2, -0.15) is 0 Å². The molecule has 1 aromatic rings. The Hall–Kier alpha value is -1.22. The molecule has 0 saturated heterocycles. The first kappa shape index (κ1) is 12.8. The first-order valence-electron chi connectivity index (χ1n) is 5.56. The lowest BCUT2D eigenvalue weighted by Crippen LogP contribution is -2.01. The third kappa shape index (κ3) is 3.14.